The average molecular weight is 265 g/mol. The number of hydrogen-bond acceptors (Lipinski definition) is 2. The van der Waals surface area contributed by atoms with E-state index in [0.29, 0.717) is 23.9 Å². The van der Waals surface area contributed by atoms with E-state index in [2.05, 4.69) is 0 Å². The third-order valence-electron chi connectivity index (χ3n) is 2.59. The standard InChI is InChI=1S/C10H17ClN2O2S/c1-4-12(3)16(14,15)10-6-9(7-11)13(5-2)8-10/h6,8H,4-5,7H2,1-3H3. The number of alkyl halides is 1. The van der Waals surface area contributed by atoms with Crippen LogP contribution in [0.25, 0.3) is 0 Å². The molecule has 1 aromatic rings. The molecule has 0 atom stereocenters. The monoisotopic (exact) mass is 264 g/mol. The molecule has 0 aliphatic rings. The summed E-state index contributed by atoms with van der Waals surface area (Å²) < 4.78 is 27.2. The molecule has 0 aliphatic carbocycles. The van der Waals surface area contributed by atoms with Crippen LogP contribution in [0, 0.1) is 0 Å². The van der Waals surface area contributed by atoms with Gasteiger partial charge in [0.2, 0.25) is 10.0 Å². The van der Waals surface area contributed by atoms with E-state index in [4.69, 9.17) is 11.6 Å². The van der Waals surface area contributed by atoms with Crippen molar-refractivity contribution in [3.05, 3.63) is 18.0 Å². The molecule has 0 aromatic carbocycles. The number of aryl methyl sites for hydroxylation is 1. The predicted molar refractivity (Wildman–Crippen MR) is 65.2 cm³/mol. The highest BCUT2D eigenvalue weighted by atomic mass is 35.5. The fraction of sp³-hybridized carbons (Fsp3) is 0.600. The topological polar surface area (TPSA) is 42.3 Å². The lowest BCUT2D eigenvalue weighted by Crippen LogP contribution is -2.26. The molecule has 1 aromatic heterocycles. The summed E-state index contributed by atoms with van der Waals surface area (Å²) in [6.07, 6.45) is 1.64. The van der Waals surface area contributed by atoms with Crippen molar-refractivity contribution in [2.45, 2.75) is 31.2 Å². The third kappa shape index (κ3) is 2.42. The normalized spacial score (nSPS) is 12.3. The summed E-state index contributed by atoms with van der Waals surface area (Å²) in [4.78, 5) is 0.314. The maximum atomic E-state index is 12.0. The largest absolute Gasteiger partial charge is 0.349 e. The lowest BCUT2D eigenvalue weighted by molar-refractivity contribution is 0.486. The molecule has 16 heavy (non-hydrogen) atoms. The number of aromatic nitrogens is 1. The van der Waals surface area contributed by atoms with E-state index in [-0.39, 0.29) is 0 Å². The molecular weight excluding hydrogens is 248 g/mol. The van der Waals surface area contributed by atoms with E-state index < -0.39 is 10.0 Å². The van der Waals surface area contributed by atoms with Gasteiger partial charge in [-0.2, -0.15) is 0 Å². The van der Waals surface area contributed by atoms with Crippen LogP contribution >= 0.6 is 11.6 Å². The van der Waals surface area contributed by atoms with Crippen molar-refractivity contribution in [1.29, 1.82) is 0 Å². The maximum absolute atomic E-state index is 12.0. The molecule has 0 saturated carbocycles. The minimum absolute atomic E-state index is 0.314. The van der Waals surface area contributed by atoms with E-state index in [1.165, 1.54) is 4.31 Å². The van der Waals surface area contributed by atoms with E-state index >= 15 is 0 Å². The first-order valence-corrected chi connectivity index (χ1v) is 7.16. The summed E-state index contributed by atoms with van der Waals surface area (Å²) in [5.74, 6) is 0.319. The van der Waals surface area contributed by atoms with Gasteiger partial charge < -0.3 is 4.57 Å². The van der Waals surface area contributed by atoms with Crippen LogP contribution in [0.15, 0.2) is 17.2 Å². The minimum atomic E-state index is -3.36. The molecule has 0 saturated heterocycles. The first kappa shape index (κ1) is 13.5. The quantitative estimate of drug-likeness (QED) is 0.762. The molecule has 0 unspecified atom stereocenters. The molecule has 0 aliphatic heterocycles. The summed E-state index contributed by atoms with van der Waals surface area (Å²) in [5, 5.41) is 0. The highest BCUT2D eigenvalue weighted by molar-refractivity contribution is 7.89. The summed E-state index contributed by atoms with van der Waals surface area (Å²) in [7, 11) is -1.79. The van der Waals surface area contributed by atoms with Crippen molar-refractivity contribution < 1.29 is 8.42 Å². The Kier molecular flexibility index (Phi) is 4.41. The van der Waals surface area contributed by atoms with Crippen molar-refractivity contribution >= 4 is 21.6 Å². The second kappa shape index (κ2) is 5.21. The van der Waals surface area contributed by atoms with Crippen molar-refractivity contribution in [3.63, 3.8) is 0 Å². The Morgan fingerprint density at radius 3 is 2.44 bits per heavy atom. The second-order valence-corrected chi connectivity index (χ2v) is 5.82. The van der Waals surface area contributed by atoms with Crippen molar-refractivity contribution in [2.24, 2.45) is 0 Å². The predicted octanol–water partition coefficient (Wildman–Crippen LogP) is 1.89. The SMILES string of the molecule is CCN(C)S(=O)(=O)c1cc(CCl)n(CC)c1. The van der Waals surface area contributed by atoms with Crippen molar-refractivity contribution in [1.82, 2.24) is 8.87 Å². The zero-order valence-corrected chi connectivity index (χ0v) is 11.3. The van der Waals surface area contributed by atoms with E-state index in [9.17, 15) is 8.42 Å². The highest BCUT2D eigenvalue weighted by Crippen LogP contribution is 2.19. The van der Waals surface area contributed by atoms with Gasteiger partial charge in [-0.1, -0.05) is 6.92 Å². The number of halogens is 1. The Balaban J connectivity index is 3.19. The summed E-state index contributed by atoms with van der Waals surface area (Å²) in [6, 6.07) is 1.64. The van der Waals surface area contributed by atoms with Crippen LogP contribution in [0.4, 0.5) is 0 Å². The Morgan fingerprint density at radius 2 is 2.06 bits per heavy atom. The first-order valence-electron chi connectivity index (χ1n) is 5.18. The molecule has 4 nitrogen and oxygen atoms in total. The number of rotatable bonds is 5. The molecule has 92 valence electrons. The lowest BCUT2D eigenvalue weighted by atomic mass is 10.5. The van der Waals surface area contributed by atoms with Crippen LogP contribution in [0.5, 0.6) is 0 Å². The van der Waals surface area contributed by atoms with Gasteiger partial charge in [-0.05, 0) is 13.0 Å². The van der Waals surface area contributed by atoms with Gasteiger partial charge in [0.05, 0.1) is 5.88 Å². The summed E-state index contributed by atoms with van der Waals surface area (Å²) in [6.45, 7) is 4.93. The Labute approximate surface area is 102 Å². The van der Waals surface area contributed by atoms with E-state index in [0.717, 1.165) is 5.69 Å². The Bertz CT molecular complexity index is 432. The van der Waals surface area contributed by atoms with Gasteiger partial charge in [0, 0.05) is 32.0 Å². The lowest BCUT2D eigenvalue weighted by Gasteiger charge is -2.12. The van der Waals surface area contributed by atoms with Crippen molar-refractivity contribution in [3.8, 4) is 0 Å². The van der Waals surface area contributed by atoms with Gasteiger partial charge in [-0.15, -0.1) is 11.6 Å². The molecule has 0 amide bonds. The fourth-order valence-corrected chi connectivity index (χ4v) is 2.90. The van der Waals surface area contributed by atoms with Crippen LogP contribution in [0.3, 0.4) is 0 Å². The number of nitrogens with zero attached hydrogens (tertiary/aromatic N) is 2. The Hall–Kier alpha value is -0.520. The van der Waals surface area contributed by atoms with Crippen LogP contribution in [-0.4, -0.2) is 30.9 Å². The van der Waals surface area contributed by atoms with Crippen LogP contribution in [-0.2, 0) is 22.4 Å². The van der Waals surface area contributed by atoms with Gasteiger partial charge in [-0.25, -0.2) is 12.7 Å². The Morgan fingerprint density at radius 1 is 1.44 bits per heavy atom. The van der Waals surface area contributed by atoms with Gasteiger partial charge in [-0.3, -0.25) is 0 Å². The van der Waals surface area contributed by atoms with Gasteiger partial charge >= 0.3 is 0 Å². The number of hydrogen-bond donors (Lipinski definition) is 0. The smallest absolute Gasteiger partial charge is 0.244 e. The zero-order valence-electron chi connectivity index (χ0n) is 9.77. The van der Waals surface area contributed by atoms with Gasteiger partial charge in [0.15, 0.2) is 0 Å². The van der Waals surface area contributed by atoms with Crippen LogP contribution < -0.4 is 0 Å². The minimum Gasteiger partial charge on any atom is -0.349 e. The maximum Gasteiger partial charge on any atom is 0.244 e. The summed E-state index contributed by atoms with van der Waals surface area (Å²) >= 11 is 5.76. The first-order chi connectivity index (χ1) is 7.47. The average Bonchev–Trinajstić information content (AvgIpc) is 2.71. The van der Waals surface area contributed by atoms with Gasteiger partial charge in [0.25, 0.3) is 0 Å². The molecule has 0 radical (unpaired) electrons. The fourth-order valence-electron chi connectivity index (χ4n) is 1.42. The molecule has 0 bridgehead atoms. The van der Waals surface area contributed by atoms with E-state index in [1.54, 1.807) is 26.2 Å². The molecule has 1 rings (SSSR count). The molecular formula is C10H17ClN2O2S. The second-order valence-electron chi connectivity index (χ2n) is 3.51. The molecule has 1 heterocycles. The van der Waals surface area contributed by atoms with Crippen LogP contribution in [0.2, 0.25) is 0 Å². The summed E-state index contributed by atoms with van der Waals surface area (Å²) in [5.41, 5.74) is 0.826. The van der Waals surface area contributed by atoms with Crippen molar-refractivity contribution in [2.75, 3.05) is 13.6 Å². The highest BCUT2D eigenvalue weighted by Gasteiger charge is 2.21. The van der Waals surface area contributed by atoms with E-state index in [1.807, 2.05) is 11.5 Å². The molecule has 0 N–H and O–H groups in total. The van der Waals surface area contributed by atoms with Crippen LogP contribution in [0.1, 0.15) is 19.5 Å². The third-order valence-corrected chi connectivity index (χ3v) is 4.76. The molecule has 6 heteroatoms. The molecule has 0 spiro atoms. The number of sulfonamides is 1. The molecule has 0 fully saturated rings. The van der Waals surface area contributed by atoms with Gasteiger partial charge in [0.1, 0.15) is 4.90 Å². The zero-order chi connectivity index (χ0) is 12.3.